The Kier molecular flexibility index (Phi) is 8.20. The van der Waals surface area contributed by atoms with E-state index in [1.54, 1.807) is 0 Å². The lowest BCUT2D eigenvalue weighted by molar-refractivity contribution is -0.149. The molecule has 0 radical (unpaired) electrons. The van der Waals surface area contributed by atoms with E-state index in [2.05, 4.69) is 24.5 Å². The van der Waals surface area contributed by atoms with Crippen molar-refractivity contribution in [3.8, 4) is 17.1 Å². The van der Waals surface area contributed by atoms with Crippen LogP contribution in [0.1, 0.15) is 95.4 Å². The first-order valence-electron chi connectivity index (χ1n) is 17.5. The van der Waals surface area contributed by atoms with Crippen LogP contribution in [0.4, 0.5) is 4.79 Å². The maximum Gasteiger partial charge on any atom is 0.415 e. The number of aryl methyl sites for hydroxylation is 1. The smallest absolute Gasteiger partial charge is 0.415 e. The number of rotatable bonds is 5. The third-order valence-electron chi connectivity index (χ3n) is 10.6. The molecule has 0 unspecified atom stereocenters. The Balaban J connectivity index is 1.19. The van der Waals surface area contributed by atoms with Gasteiger partial charge in [0.2, 0.25) is 0 Å². The van der Waals surface area contributed by atoms with E-state index in [1.807, 2.05) is 55.4 Å². The molecule has 4 aliphatic rings. The van der Waals surface area contributed by atoms with E-state index < -0.39 is 11.2 Å². The lowest BCUT2D eigenvalue weighted by Gasteiger charge is -2.43. The minimum atomic E-state index is -0.935. The molecular weight excluding hydrogens is 592 g/mol. The first kappa shape index (κ1) is 31.9. The highest BCUT2D eigenvalue weighted by molar-refractivity contribution is 5.89. The van der Waals surface area contributed by atoms with Gasteiger partial charge < -0.3 is 28.6 Å². The van der Waals surface area contributed by atoms with E-state index in [0.717, 1.165) is 71.3 Å². The molecule has 2 saturated heterocycles. The number of aromatic nitrogens is 2. The van der Waals surface area contributed by atoms with Gasteiger partial charge in [0.25, 0.3) is 5.56 Å². The number of carbonyl (C=O) groups excluding carboxylic acids is 1. The molecule has 2 aromatic heterocycles. The van der Waals surface area contributed by atoms with Gasteiger partial charge >= 0.3 is 6.09 Å². The highest BCUT2D eigenvalue weighted by atomic mass is 16.6. The SMILES string of the molecule is C=C1OCc2c(cc3n(c2=O)Cc2c-3nc3ccc(OC(=O)N4CCC(N5CCCCC5)CC4)cc3c2CC)[C@]1(CC)OC(C)(C)C. The number of benzene rings is 1. The van der Waals surface area contributed by atoms with Crippen LogP contribution in [0, 0.1) is 0 Å². The first-order chi connectivity index (χ1) is 22.5. The van der Waals surface area contributed by atoms with Crippen molar-refractivity contribution in [1.29, 1.82) is 0 Å². The summed E-state index contributed by atoms with van der Waals surface area (Å²) in [7, 11) is 0. The molecule has 0 N–H and O–H groups in total. The van der Waals surface area contributed by atoms with Crippen molar-refractivity contribution in [2.75, 3.05) is 26.2 Å². The molecule has 1 amide bonds. The molecule has 4 aliphatic heterocycles. The number of hydrogen-bond acceptors (Lipinski definition) is 7. The molecule has 0 saturated carbocycles. The van der Waals surface area contributed by atoms with Crippen LogP contribution in [-0.4, -0.2) is 63.3 Å². The van der Waals surface area contributed by atoms with Crippen molar-refractivity contribution in [2.45, 2.75) is 110 Å². The predicted octanol–water partition coefficient (Wildman–Crippen LogP) is 6.90. The zero-order chi connectivity index (χ0) is 33.1. The first-order valence-corrected chi connectivity index (χ1v) is 17.5. The molecule has 47 heavy (non-hydrogen) atoms. The van der Waals surface area contributed by atoms with E-state index in [1.165, 1.54) is 32.4 Å². The van der Waals surface area contributed by atoms with Gasteiger partial charge in [-0.25, -0.2) is 9.78 Å². The van der Waals surface area contributed by atoms with E-state index in [9.17, 15) is 9.59 Å². The molecule has 0 spiro atoms. The van der Waals surface area contributed by atoms with Gasteiger partial charge in [0.1, 0.15) is 18.1 Å². The lowest BCUT2D eigenvalue weighted by atomic mass is 9.83. The van der Waals surface area contributed by atoms with Gasteiger partial charge in [0.05, 0.1) is 34.6 Å². The van der Waals surface area contributed by atoms with Crippen molar-refractivity contribution in [3.05, 3.63) is 69.2 Å². The van der Waals surface area contributed by atoms with Gasteiger partial charge in [-0.1, -0.05) is 26.8 Å². The highest BCUT2D eigenvalue weighted by Gasteiger charge is 2.46. The van der Waals surface area contributed by atoms with E-state index in [-0.39, 0.29) is 18.3 Å². The number of hydrogen-bond donors (Lipinski definition) is 0. The molecule has 0 aliphatic carbocycles. The number of pyridine rings is 2. The Hall–Kier alpha value is -3.69. The fourth-order valence-corrected chi connectivity index (χ4v) is 8.28. The third kappa shape index (κ3) is 5.55. The zero-order valence-corrected chi connectivity index (χ0v) is 28.6. The lowest BCUT2D eigenvalue weighted by Crippen LogP contribution is -2.48. The normalized spacial score (nSPS) is 21.7. The Morgan fingerprint density at radius 3 is 2.49 bits per heavy atom. The molecule has 6 heterocycles. The van der Waals surface area contributed by atoms with Gasteiger partial charge in [-0.15, -0.1) is 0 Å². The van der Waals surface area contributed by atoms with Crippen molar-refractivity contribution in [3.63, 3.8) is 0 Å². The molecule has 0 bridgehead atoms. The van der Waals surface area contributed by atoms with Gasteiger partial charge in [-0.05, 0) is 102 Å². The second-order valence-electron chi connectivity index (χ2n) is 14.6. The molecule has 2 fully saturated rings. The molecule has 9 nitrogen and oxygen atoms in total. The molecule has 9 heteroatoms. The monoisotopic (exact) mass is 640 g/mol. The largest absolute Gasteiger partial charge is 0.490 e. The van der Waals surface area contributed by atoms with Crippen LogP contribution in [-0.2, 0) is 34.6 Å². The molecule has 250 valence electrons. The van der Waals surface area contributed by atoms with Crippen molar-refractivity contribution in [1.82, 2.24) is 19.4 Å². The fourth-order valence-electron chi connectivity index (χ4n) is 8.28. The quantitative estimate of drug-likeness (QED) is 0.235. The maximum absolute atomic E-state index is 14.1. The summed E-state index contributed by atoms with van der Waals surface area (Å²) in [6.07, 6.45) is 6.92. The molecule has 3 aromatic rings. The highest BCUT2D eigenvalue weighted by Crippen LogP contribution is 2.47. The van der Waals surface area contributed by atoms with Crippen LogP contribution in [0.3, 0.4) is 0 Å². The summed E-state index contributed by atoms with van der Waals surface area (Å²) < 4.78 is 20.4. The van der Waals surface area contributed by atoms with Crippen molar-refractivity contribution >= 4 is 17.0 Å². The third-order valence-corrected chi connectivity index (χ3v) is 10.6. The second-order valence-corrected chi connectivity index (χ2v) is 14.6. The Labute approximate surface area is 277 Å². The predicted molar refractivity (Wildman–Crippen MR) is 183 cm³/mol. The minimum absolute atomic E-state index is 0.0804. The molecular formula is C38H48N4O5. The number of ether oxygens (including phenoxy) is 3. The van der Waals surface area contributed by atoms with E-state index >= 15 is 0 Å². The maximum atomic E-state index is 14.1. The van der Waals surface area contributed by atoms with Crippen LogP contribution in [0.25, 0.3) is 22.3 Å². The summed E-state index contributed by atoms with van der Waals surface area (Å²) in [6.45, 7) is 18.8. The average molecular weight is 641 g/mol. The number of piperidine rings is 2. The summed E-state index contributed by atoms with van der Waals surface area (Å²) in [5.74, 6) is 1.04. The van der Waals surface area contributed by atoms with Crippen LogP contribution >= 0.6 is 0 Å². The van der Waals surface area contributed by atoms with E-state index in [4.69, 9.17) is 19.2 Å². The average Bonchev–Trinajstić information content (AvgIpc) is 3.43. The summed E-state index contributed by atoms with van der Waals surface area (Å²) in [4.78, 5) is 36.9. The van der Waals surface area contributed by atoms with Crippen LogP contribution in [0.15, 0.2) is 41.4 Å². The fraction of sp³-hybridized carbons (Fsp3) is 0.553. The molecule has 1 atom stereocenters. The van der Waals surface area contributed by atoms with Gasteiger partial charge in [0.15, 0.2) is 5.60 Å². The van der Waals surface area contributed by atoms with Crippen LogP contribution < -0.4 is 10.3 Å². The zero-order valence-electron chi connectivity index (χ0n) is 28.6. The Morgan fingerprint density at radius 1 is 1.06 bits per heavy atom. The summed E-state index contributed by atoms with van der Waals surface area (Å²) >= 11 is 0. The van der Waals surface area contributed by atoms with Crippen molar-refractivity contribution < 1.29 is 19.0 Å². The van der Waals surface area contributed by atoms with Gasteiger partial charge in [0, 0.05) is 35.6 Å². The van der Waals surface area contributed by atoms with Crippen molar-refractivity contribution in [2.24, 2.45) is 0 Å². The van der Waals surface area contributed by atoms with Crippen LogP contribution in [0.2, 0.25) is 0 Å². The number of amides is 1. The number of carbonyl (C=O) groups is 1. The Bertz CT molecular complexity index is 1790. The van der Waals surface area contributed by atoms with Gasteiger partial charge in [-0.3, -0.25) is 4.79 Å². The number of nitrogens with zero attached hydrogens (tertiary/aromatic N) is 4. The summed E-state index contributed by atoms with van der Waals surface area (Å²) in [5, 5.41) is 0.946. The molecule has 7 rings (SSSR count). The summed E-state index contributed by atoms with van der Waals surface area (Å²) in [5.41, 5.74) is 4.47. The topological polar surface area (TPSA) is 86.1 Å². The van der Waals surface area contributed by atoms with E-state index in [0.29, 0.717) is 36.1 Å². The number of likely N-dealkylation sites (tertiary alicyclic amines) is 2. The molecule has 1 aromatic carbocycles. The Morgan fingerprint density at radius 2 is 1.81 bits per heavy atom. The number of fused-ring (bicyclic) bond motifs is 5. The standard InChI is InChI=1S/C38H48N4O5/c1-7-27-28-20-26(46-36(44)41-18-14-25(15-19-41)40-16-10-9-11-17-40)12-13-32(28)39-34-29(27)22-42-33(34)21-31-30(35(42)43)23-45-24(3)38(31,8-2)47-37(4,5)6/h12-13,20-21,25H,3,7-11,14-19,22-23H2,1-2,4-6H3/t38-/m1/s1. The van der Waals surface area contributed by atoms with Gasteiger partial charge in [-0.2, -0.15) is 0 Å². The summed E-state index contributed by atoms with van der Waals surface area (Å²) in [6, 6.07) is 8.34. The minimum Gasteiger partial charge on any atom is -0.490 e. The van der Waals surface area contributed by atoms with Crippen LogP contribution in [0.5, 0.6) is 5.75 Å². The second kappa shape index (κ2) is 12.1.